The molecule has 8 nitrogen and oxygen atoms in total. The molecule has 2 amide bonds. The van der Waals surface area contributed by atoms with Gasteiger partial charge in [-0.3, -0.25) is 9.59 Å². The molecule has 3 aromatic carbocycles. The number of carbonyl (C=O) groups excluding carboxylic acids is 2. The lowest BCUT2D eigenvalue weighted by molar-refractivity contribution is 0.0953. The minimum Gasteiger partial charge on any atom is -0.497 e. The summed E-state index contributed by atoms with van der Waals surface area (Å²) in [5, 5.41) is 5.78. The molecule has 1 aliphatic rings. The lowest BCUT2D eigenvalue weighted by atomic mass is 10.1. The van der Waals surface area contributed by atoms with Crippen molar-refractivity contribution in [3.05, 3.63) is 77.4 Å². The number of nitrogens with one attached hydrogen (secondary N) is 2. The minimum atomic E-state index is -0.322. The molecule has 1 saturated carbocycles. The van der Waals surface area contributed by atoms with E-state index in [1.165, 1.54) is 20.0 Å². The van der Waals surface area contributed by atoms with Crippen LogP contribution in [0.4, 0.5) is 5.69 Å². The van der Waals surface area contributed by atoms with E-state index < -0.39 is 0 Å². The monoisotopic (exact) mass is 518 g/mol. The third-order valence-corrected chi connectivity index (χ3v) is 6.58. The van der Waals surface area contributed by atoms with Gasteiger partial charge in [0.25, 0.3) is 11.8 Å². The Morgan fingerprint density at radius 2 is 1.53 bits per heavy atom. The fourth-order valence-corrected chi connectivity index (χ4v) is 4.47. The summed E-state index contributed by atoms with van der Waals surface area (Å²) >= 11 is 0. The molecule has 0 unspecified atom stereocenters. The summed E-state index contributed by atoms with van der Waals surface area (Å²) in [5.74, 6) is 1.98. The molecule has 0 heterocycles. The SMILES string of the molecule is COc1ccc(C(=O)Nc2ccc(C(=O)NCCc3ccc(OC)c(OC4CCCC4)c3)cc2)c(OC)c1. The Hall–Kier alpha value is -4.20. The topological polar surface area (TPSA) is 95.1 Å². The first-order valence-corrected chi connectivity index (χ1v) is 12.8. The number of rotatable bonds is 11. The van der Waals surface area contributed by atoms with Gasteiger partial charge in [-0.25, -0.2) is 0 Å². The van der Waals surface area contributed by atoms with Crippen LogP contribution in [0.3, 0.4) is 0 Å². The smallest absolute Gasteiger partial charge is 0.259 e. The van der Waals surface area contributed by atoms with Gasteiger partial charge in [-0.15, -0.1) is 0 Å². The Balaban J connectivity index is 1.30. The van der Waals surface area contributed by atoms with Crippen molar-refractivity contribution in [2.24, 2.45) is 0 Å². The van der Waals surface area contributed by atoms with Crippen LogP contribution in [0.1, 0.15) is 52.0 Å². The van der Waals surface area contributed by atoms with Crippen molar-refractivity contribution in [2.75, 3.05) is 33.2 Å². The molecule has 0 aliphatic heterocycles. The number of hydrogen-bond donors (Lipinski definition) is 2. The van der Waals surface area contributed by atoms with Crippen LogP contribution in [0.25, 0.3) is 0 Å². The summed E-state index contributed by atoms with van der Waals surface area (Å²) in [6, 6.07) is 17.6. The molecule has 2 N–H and O–H groups in total. The van der Waals surface area contributed by atoms with Crippen LogP contribution in [0.15, 0.2) is 60.7 Å². The van der Waals surface area contributed by atoms with Crippen LogP contribution in [0.5, 0.6) is 23.0 Å². The average molecular weight is 519 g/mol. The number of amides is 2. The normalized spacial score (nSPS) is 13.0. The summed E-state index contributed by atoms with van der Waals surface area (Å²) in [6.45, 7) is 0.476. The van der Waals surface area contributed by atoms with Crippen molar-refractivity contribution in [1.82, 2.24) is 5.32 Å². The molecule has 38 heavy (non-hydrogen) atoms. The molecular formula is C30H34N2O6. The molecular weight excluding hydrogens is 484 g/mol. The summed E-state index contributed by atoms with van der Waals surface area (Å²) in [6.07, 6.45) is 5.44. The predicted molar refractivity (Wildman–Crippen MR) is 146 cm³/mol. The van der Waals surface area contributed by atoms with Crippen LogP contribution in [0.2, 0.25) is 0 Å². The van der Waals surface area contributed by atoms with Crippen LogP contribution in [0, 0.1) is 0 Å². The Bertz CT molecular complexity index is 1250. The van der Waals surface area contributed by atoms with Gasteiger partial charge < -0.3 is 29.6 Å². The maximum Gasteiger partial charge on any atom is 0.259 e. The van der Waals surface area contributed by atoms with Crippen LogP contribution >= 0.6 is 0 Å². The molecule has 0 aromatic heterocycles. The standard InChI is InChI=1S/C30H34N2O6/c1-35-24-13-14-25(27(19-24)37-3)30(34)32-22-11-9-21(10-12-22)29(33)31-17-16-20-8-15-26(36-2)28(18-20)38-23-6-4-5-7-23/h8-15,18-19,23H,4-7,16-17H2,1-3H3,(H,31,33)(H,32,34). The highest BCUT2D eigenvalue weighted by molar-refractivity contribution is 6.06. The van der Waals surface area contributed by atoms with Gasteiger partial charge in [0.15, 0.2) is 11.5 Å². The number of anilines is 1. The zero-order chi connectivity index (χ0) is 26.9. The summed E-state index contributed by atoms with van der Waals surface area (Å²) in [5.41, 5.74) is 2.51. The van der Waals surface area contributed by atoms with E-state index >= 15 is 0 Å². The predicted octanol–water partition coefficient (Wildman–Crippen LogP) is 5.26. The number of methoxy groups -OCH3 is 3. The summed E-state index contributed by atoms with van der Waals surface area (Å²) in [4.78, 5) is 25.4. The van der Waals surface area contributed by atoms with Gasteiger partial charge in [0, 0.05) is 23.9 Å². The average Bonchev–Trinajstić information content (AvgIpc) is 3.46. The maximum absolute atomic E-state index is 12.7. The molecule has 3 aromatic rings. The molecule has 0 atom stereocenters. The van der Waals surface area contributed by atoms with E-state index in [-0.39, 0.29) is 17.9 Å². The number of carbonyl (C=O) groups is 2. The Morgan fingerprint density at radius 1 is 0.789 bits per heavy atom. The molecule has 0 saturated heterocycles. The molecule has 0 bridgehead atoms. The highest BCUT2D eigenvalue weighted by atomic mass is 16.5. The minimum absolute atomic E-state index is 0.185. The highest BCUT2D eigenvalue weighted by Gasteiger charge is 2.19. The fourth-order valence-electron chi connectivity index (χ4n) is 4.47. The van der Waals surface area contributed by atoms with E-state index in [0.29, 0.717) is 41.3 Å². The Kier molecular flexibility index (Phi) is 9.08. The van der Waals surface area contributed by atoms with E-state index in [9.17, 15) is 9.59 Å². The lowest BCUT2D eigenvalue weighted by Crippen LogP contribution is -2.25. The fraction of sp³-hybridized carbons (Fsp3) is 0.333. The third-order valence-electron chi connectivity index (χ3n) is 6.58. The number of hydrogen-bond acceptors (Lipinski definition) is 6. The van der Waals surface area contributed by atoms with E-state index in [1.54, 1.807) is 56.7 Å². The zero-order valence-corrected chi connectivity index (χ0v) is 22.0. The van der Waals surface area contributed by atoms with Crippen molar-refractivity contribution in [3.8, 4) is 23.0 Å². The van der Waals surface area contributed by atoms with E-state index in [2.05, 4.69) is 10.6 Å². The van der Waals surface area contributed by atoms with Crippen LogP contribution in [-0.4, -0.2) is 45.8 Å². The molecule has 0 spiro atoms. The van der Waals surface area contributed by atoms with E-state index in [4.69, 9.17) is 18.9 Å². The second-order valence-corrected chi connectivity index (χ2v) is 9.11. The van der Waals surface area contributed by atoms with Crippen molar-refractivity contribution < 1.29 is 28.5 Å². The van der Waals surface area contributed by atoms with E-state index in [0.717, 1.165) is 29.9 Å². The summed E-state index contributed by atoms with van der Waals surface area (Å²) in [7, 11) is 4.69. The second kappa shape index (κ2) is 12.9. The highest BCUT2D eigenvalue weighted by Crippen LogP contribution is 2.32. The van der Waals surface area contributed by atoms with Gasteiger partial charge in [-0.1, -0.05) is 6.07 Å². The van der Waals surface area contributed by atoms with Gasteiger partial charge >= 0.3 is 0 Å². The molecule has 200 valence electrons. The molecule has 4 rings (SSSR count). The first kappa shape index (κ1) is 26.9. The number of ether oxygens (including phenoxy) is 4. The first-order chi connectivity index (χ1) is 18.5. The Labute approximate surface area is 223 Å². The molecule has 0 radical (unpaired) electrons. The second-order valence-electron chi connectivity index (χ2n) is 9.11. The Morgan fingerprint density at radius 3 is 2.21 bits per heavy atom. The van der Waals surface area contributed by atoms with Gasteiger partial charge in [-0.2, -0.15) is 0 Å². The largest absolute Gasteiger partial charge is 0.497 e. The lowest BCUT2D eigenvalue weighted by Gasteiger charge is -2.17. The zero-order valence-electron chi connectivity index (χ0n) is 22.0. The van der Waals surface area contributed by atoms with Crippen LogP contribution in [-0.2, 0) is 6.42 Å². The van der Waals surface area contributed by atoms with Gasteiger partial charge in [0.1, 0.15) is 11.5 Å². The van der Waals surface area contributed by atoms with Crippen molar-refractivity contribution >= 4 is 17.5 Å². The first-order valence-electron chi connectivity index (χ1n) is 12.8. The van der Waals surface area contributed by atoms with Gasteiger partial charge in [0.05, 0.1) is 33.0 Å². The third kappa shape index (κ3) is 6.76. The molecule has 8 heteroatoms. The van der Waals surface area contributed by atoms with Gasteiger partial charge in [-0.05, 0) is 86.2 Å². The number of benzene rings is 3. The van der Waals surface area contributed by atoms with Gasteiger partial charge in [0.2, 0.25) is 0 Å². The van der Waals surface area contributed by atoms with Crippen molar-refractivity contribution in [1.29, 1.82) is 0 Å². The molecule has 1 fully saturated rings. The van der Waals surface area contributed by atoms with Crippen molar-refractivity contribution in [2.45, 2.75) is 38.2 Å². The van der Waals surface area contributed by atoms with Crippen LogP contribution < -0.4 is 29.6 Å². The van der Waals surface area contributed by atoms with Crippen molar-refractivity contribution in [3.63, 3.8) is 0 Å². The molecule has 1 aliphatic carbocycles. The summed E-state index contributed by atoms with van der Waals surface area (Å²) < 4.78 is 22.1. The van der Waals surface area contributed by atoms with E-state index in [1.807, 2.05) is 18.2 Å². The maximum atomic E-state index is 12.7. The quantitative estimate of drug-likeness (QED) is 0.360.